The molecule has 3 aromatic rings. The van der Waals surface area contributed by atoms with Gasteiger partial charge in [-0.1, -0.05) is 26.0 Å². The predicted molar refractivity (Wildman–Crippen MR) is 107 cm³/mol. The van der Waals surface area contributed by atoms with Gasteiger partial charge in [0.25, 0.3) is 5.91 Å². The Bertz CT molecular complexity index is 925. The number of nitrogens with one attached hydrogen (secondary N) is 1. The lowest BCUT2D eigenvalue weighted by atomic mass is 9.98. The Hall–Kier alpha value is -3.35. The zero-order chi connectivity index (χ0) is 19.9. The molecule has 3 rings (SSSR count). The first kappa shape index (κ1) is 19.4. The molecule has 1 N–H and O–H groups in total. The number of anilines is 1. The van der Waals surface area contributed by atoms with Crippen molar-refractivity contribution in [1.82, 2.24) is 14.8 Å². The number of hydrogen-bond donors (Lipinski definition) is 1. The van der Waals surface area contributed by atoms with Crippen molar-refractivity contribution in [3.63, 3.8) is 0 Å². The molecule has 7 heteroatoms. The average molecular weight is 380 g/mol. The van der Waals surface area contributed by atoms with E-state index in [9.17, 15) is 4.79 Å². The number of amides is 1. The highest BCUT2D eigenvalue weighted by Crippen LogP contribution is 2.28. The third-order valence-corrected chi connectivity index (χ3v) is 4.57. The fraction of sp³-hybridized carbons (Fsp3) is 0.286. The maximum atomic E-state index is 12.3. The van der Waals surface area contributed by atoms with Gasteiger partial charge in [0.1, 0.15) is 24.2 Å². The highest BCUT2D eigenvalue weighted by Gasteiger charge is 2.13. The van der Waals surface area contributed by atoms with Gasteiger partial charge < -0.3 is 14.8 Å². The van der Waals surface area contributed by atoms with Crippen molar-refractivity contribution in [1.29, 1.82) is 0 Å². The van der Waals surface area contributed by atoms with Gasteiger partial charge in [0.2, 0.25) is 0 Å². The molecule has 0 aliphatic carbocycles. The van der Waals surface area contributed by atoms with Crippen LogP contribution in [-0.4, -0.2) is 34.4 Å². The number of ether oxygens (including phenoxy) is 2. The Kier molecular flexibility index (Phi) is 6.26. The summed E-state index contributed by atoms with van der Waals surface area (Å²) in [4.78, 5) is 12.3. The predicted octanol–water partition coefficient (Wildman–Crippen LogP) is 3.81. The van der Waals surface area contributed by atoms with E-state index in [1.54, 1.807) is 36.5 Å². The molecule has 2 aromatic carbocycles. The minimum Gasteiger partial charge on any atom is -0.497 e. The molecular formula is C21H24N4O3. The van der Waals surface area contributed by atoms with Crippen LogP contribution in [0.25, 0.3) is 5.69 Å². The standard InChI is InChI=1S/C21H24N4O3/c1-4-15(2)16-8-9-20(19(10-16)25-13-22-23-14-25)28-12-21(26)24-17-6-5-7-18(11-17)27-3/h5-11,13-15H,4,12H2,1-3H3,(H,24,26)/t15-/m1/s1. The highest BCUT2D eigenvalue weighted by molar-refractivity contribution is 5.92. The Morgan fingerprint density at radius 3 is 2.68 bits per heavy atom. The quantitative estimate of drug-likeness (QED) is 0.643. The van der Waals surface area contributed by atoms with Crippen molar-refractivity contribution < 1.29 is 14.3 Å². The summed E-state index contributed by atoms with van der Waals surface area (Å²) in [5.74, 6) is 1.43. The smallest absolute Gasteiger partial charge is 0.262 e. The Morgan fingerprint density at radius 1 is 1.18 bits per heavy atom. The van der Waals surface area contributed by atoms with Crippen molar-refractivity contribution in [2.75, 3.05) is 19.0 Å². The molecule has 0 aliphatic heterocycles. The first-order valence-corrected chi connectivity index (χ1v) is 9.16. The fourth-order valence-corrected chi connectivity index (χ4v) is 2.77. The summed E-state index contributed by atoms with van der Waals surface area (Å²) in [5.41, 5.74) is 2.65. The van der Waals surface area contributed by atoms with Crippen LogP contribution in [-0.2, 0) is 4.79 Å². The van der Waals surface area contributed by atoms with Crippen LogP contribution in [0.3, 0.4) is 0 Å². The number of nitrogens with zero attached hydrogens (tertiary/aromatic N) is 3. The lowest BCUT2D eigenvalue weighted by Gasteiger charge is -2.16. The van der Waals surface area contributed by atoms with Crippen LogP contribution in [0.1, 0.15) is 31.7 Å². The maximum Gasteiger partial charge on any atom is 0.262 e. The van der Waals surface area contributed by atoms with Gasteiger partial charge in [0.15, 0.2) is 6.61 Å². The van der Waals surface area contributed by atoms with Crippen LogP contribution in [0.2, 0.25) is 0 Å². The molecule has 0 unspecified atom stereocenters. The summed E-state index contributed by atoms with van der Waals surface area (Å²) in [7, 11) is 1.58. The van der Waals surface area contributed by atoms with Crippen LogP contribution in [0.4, 0.5) is 5.69 Å². The molecule has 0 aliphatic rings. The number of carbonyl (C=O) groups is 1. The van der Waals surface area contributed by atoms with Crippen molar-refractivity contribution in [2.45, 2.75) is 26.2 Å². The Labute approximate surface area is 164 Å². The molecule has 0 saturated heterocycles. The number of aromatic nitrogens is 3. The monoisotopic (exact) mass is 380 g/mol. The summed E-state index contributed by atoms with van der Waals surface area (Å²) in [6.45, 7) is 4.21. The molecule has 1 heterocycles. The molecule has 28 heavy (non-hydrogen) atoms. The molecule has 1 atom stereocenters. The molecule has 0 radical (unpaired) electrons. The molecule has 0 bridgehead atoms. The molecule has 0 saturated carbocycles. The van der Waals surface area contributed by atoms with E-state index < -0.39 is 0 Å². The van der Waals surface area contributed by atoms with Crippen LogP contribution in [0, 0.1) is 0 Å². The molecule has 7 nitrogen and oxygen atoms in total. The third kappa shape index (κ3) is 4.68. The van der Waals surface area contributed by atoms with Crippen molar-refractivity contribution in [3.05, 3.63) is 60.7 Å². The van der Waals surface area contributed by atoms with E-state index in [1.807, 2.05) is 30.3 Å². The molecule has 1 aromatic heterocycles. The van der Waals surface area contributed by atoms with E-state index in [4.69, 9.17) is 9.47 Å². The normalized spacial score (nSPS) is 11.7. The van der Waals surface area contributed by atoms with Gasteiger partial charge in [-0.25, -0.2) is 0 Å². The van der Waals surface area contributed by atoms with Gasteiger partial charge in [-0.05, 0) is 42.2 Å². The number of carbonyl (C=O) groups excluding carboxylic acids is 1. The third-order valence-electron chi connectivity index (χ3n) is 4.57. The SMILES string of the molecule is CC[C@@H](C)c1ccc(OCC(=O)Nc2cccc(OC)c2)c(-n2cnnc2)c1. The first-order chi connectivity index (χ1) is 13.6. The lowest BCUT2D eigenvalue weighted by molar-refractivity contribution is -0.118. The van der Waals surface area contributed by atoms with E-state index >= 15 is 0 Å². The lowest BCUT2D eigenvalue weighted by Crippen LogP contribution is -2.20. The van der Waals surface area contributed by atoms with E-state index in [2.05, 4.69) is 29.4 Å². The number of hydrogen-bond acceptors (Lipinski definition) is 5. The zero-order valence-electron chi connectivity index (χ0n) is 16.3. The summed E-state index contributed by atoms with van der Waals surface area (Å²) >= 11 is 0. The largest absolute Gasteiger partial charge is 0.497 e. The van der Waals surface area contributed by atoms with Crippen molar-refractivity contribution in [3.8, 4) is 17.2 Å². The molecular weight excluding hydrogens is 356 g/mol. The molecule has 1 amide bonds. The molecule has 146 valence electrons. The number of methoxy groups -OCH3 is 1. The van der Waals surface area contributed by atoms with Gasteiger partial charge in [-0.2, -0.15) is 0 Å². The van der Waals surface area contributed by atoms with Crippen LogP contribution in [0.5, 0.6) is 11.5 Å². The van der Waals surface area contributed by atoms with E-state index in [-0.39, 0.29) is 12.5 Å². The van der Waals surface area contributed by atoms with Gasteiger partial charge in [0.05, 0.1) is 12.8 Å². The topological polar surface area (TPSA) is 78.3 Å². The summed E-state index contributed by atoms with van der Waals surface area (Å²) in [6, 6.07) is 13.1. The summed E-state index contributed by atoms with van der Waals surface area (Å²) in [5, 5.41) is 10.5. The maximum absolute atomic E-state index is 12.3. The van der Waals surface area contributed by atoms with Crippen molar-refractivity contribution in [2.24, 2.45) is 0 Å². The van der Waals surface area contributed by atoms with Gasteiger partial charge in [-0.3, -0.25) is 9.36 Å². The first-order valence-electron chi connectivity index (χ1n) is 9.16. The molecule has 0 spiro atoms. The minimum atomic E-state index is -0.256. The van der Waals surface area contributed by atoms with E-state index in [0.29, 0.717) is 23.1 Å². The van der Waals surface area contributed by atoms with E-state index in [1.165, 1.54) is 5.56 Å². The average Bonchev–Trinajstić information content (AvgIpc) is 3.26. The Balaban J connectivity index is 1.73. The second kappa shape index (κ2) is 9.03. The second-order valence-corrected chi connectivity index (χ2v) is 6.47. The van der Waals surface area contributed by atoms with E-state index in [0.717, 1.165) is 12.1 Å². The number of rotatable bonds is 8. The Morgan fingerprint density at radius 2 is 1.96 bits per heavy atom. The summed E-state index contributed by atoms with van der Waals surface area (Å²) < 4.78 is 12.7. The molecule has 0 fully saturated rings. The zero-order valence-corrected chi connectivity index (χ0v) is 16.3. The van der Waals surface area contributed by atoms with Crippen LogP contribution < -0.4 is 14.8 Å². The van der Waals surface area contributed by atoms with Gasteiger partial charge >= 0.3 is 0 Å². The number of benzene rings is 2. The minimum absolute atomic E-state index is 0.116. The van der Waals surface area contributed by atoms with Crippen molar-refractivity contribution >= 4 is 11.6 Å². The highest BCUT2D eigenvalue weighted by atomic mass is 16.5. The van der Waals surface area contributed by atoms with Crippen LogP contribution >= 0.6 is 0 Å². The van der Waals surface area contributed by atoms with Crippen LogP contribution in [0.15, 0.2) is 55.1 Å². The second-order valence-electron chi connectivity index (χ2n) is 6.47. The van der Waals surface area contributed by atoms with Gasteiger partial charge in [-0.15, -0.1) is 10.2 Å². The summed E-state index contributed by atoms with van der Waals surface area (Å²) in [6.07, 6.45) is 4.25. The van der Waals surface area contributed by atoms with Gasteiger partial charge in [0, 0.05) is 11.8 Å². The fourth-order valence-electron chi connectivity index (χ4n) is 2.77.